The van der Waals surface area contributed by atoms with E-state index < -0.39 is 0 Å². The van der Waals surface area contributed by atoms with Crippen LogP contribution in [0.5, 0.6) is 11.5 Å². The summed E-state index contributed by atoms with van der Waals surface area (Å²) in [7, 11) is 0. The molecule has 0 atom stereocenters. The predicted octanol–water partition coefficient (Wildman–Crippen LogP) is 2.64. The molecule has 1 aromatic rings. The third-order valence-electron chi connectivity index (χ3n) is 2.13. The smallest absolute Gasteiger partial charge is 0.161 e. The van der Waals surface area contributed by atoms with Crippen LogP contribution in [0.25, 0.3) is 0 Å². The van der Waals surface area contributed by atoms with E-state index in [0.29, 0.717) is 32.3 Å². The topological polar surface area (TPSA) is 39.7 Å². The Labute approximate surface area is 109 Å². The van der Waals surface area contributed by atoms with Crippen molar-refractivity contribution in [1.29, 1.82) is 0 Å². The molecule has 4 heteroatoms. The molecule has 0 radical (unpaired) electrons. The molecule has 102 valence electrons. The number of nitrogens with one attached hydrogen (secondary N) is 1. The molecular formula is C14H23NO3. The molecule has 0 aliphatic carbocycles. The highest BCUT2D eigenvalue weighted by atomic mass is 16.6. The van der Waals surface area contributed by atoms with Gasteiger partial charge in [-0.05, 0) is 25.0 Å². The van der Waals surface area contributed by atoms with Gasteiger partial charge in [0.05, 0.1) is 19.8 Å². The minimum atomic E-state index is 0.525. The summed E-state index contributed by atoms with van der Waals surface area (Å²) in [6.07, 6.45) is 0. The van der Waals surface area contributed by atoms with Crippen molar-refractivity contribution >= 4 is 0 Å². The van der Waals surface area contributed by atoms with Crippen LogP contribution in [0.3, 0.4) is 0 Å². The highest BCUT2D eigenvalue weighted by Gasteiger charge is 2.02. The fraction of sp³-hybridized carbons (Fsp3) is 0.571. The quantitative estimate of drug-likeness (QED) is 0.542. The molecule has 0 heterocycles. The largest absolute Gasteiger partial charge is 0.490 e. The van der Waals surface area contributed by atoms with Gasteiger partial charge in [0.2, 0.25) is 0 Å². The van der Waals surface area contributed by atoms with Crippen molar-refractivity contribution in [3.8, 4) is 11.5 Å². The highest BCUT2D eigenvalue weighted by Crippen LogP contribution is 2.25. The van der Waals surface area contributed by atoms with Gasteiger partial charge in [-0.1, -0.05) is 26.0 Å². The Balaban J connectivity index is 2.22. The maximum atomic E-state index is 5.63. The Hall–Kier alpha value is -1.26. The lowest BCUT2D eigenvalue weighted by atomic mass is 10.2. The zero-order chi connectivity index (χ0) is 13.2. The molecule has 0 amide bonds. The minimum Gasteiger partial charge on any atom is -0.490 e. The molecule has 0 saturated heterocycles. The van der Waals surface area contributed by atoms with Gasteiger partial charge in [-0.3, -0.25) is 0 Å². The summed E-state index contributed by atoms with van der Waals surface area (Å²) in [6.45, 7) is 8.70. The van der Waals surface area contributed by atoms with E-state index in [9.17, 15) is 0 Å². The van der Waals surface area contributed by atoms with Crippen LogP contribution in [-0.2, 0) is 4.84 Å². The molecule has 0 bridgehead atoms. The summed E-state index contributed by atoms with van der Waals surface area (Å²) in [6, 6.07) is 7.67. The Morgan fingerprint density at radius 3 is 2.39 bits per heavy atom. The van der Waals surface area contributed by atoms with Gasteiger partial charge in [-0.25, -0.2) is 0 Å². The first-order valence-electron chi connectivity index (χ1n) is 6.43. The Bertz CT molecular complexity index is 329. The van der Waals surface area contributed by atoms with Crippen LogP contribution in [-0.4, -0.2) is 26.4 Å². The molecule has 0 aliphatic rings. The van der Waals surface area contributed by atoms with Gasteiger partial charge in [-0.15, -0.1) is 0 Å². The van der Waals surface area contributed by atoms with Gasteiger partial charge < -0.3 is 14.3 Å². The van der Waals surface area contributed by atoms with E-state index in [1.165, 1.54) is 0 Å². The Morgan fingerprint density at radius 1 is 1.11 bits per heavy atom. The number of hydrogen-bond acceptors (Lipinski definition) is 4. The maximum Gasteiger partial charge on any atom is 0.161 e. The minimum absolute atomic E-state index is 0.525. The van der Waals surface area contributed by atoms with Crippen molar-refractivity contribution < 1.29 is 14.3 Å². The van der Waals surface area contributed by atoms with Crippen LogP contribution in [0.15, 0.2) is 24.3 Å². The monoisotopic (exact) mass is 253 g/mol. The molecule has 0 saturated carbocycles. The first-order chi connectivity index (χ1) is 8.74. The van der Waals surface area contributed by atoms with E-state index in [1.54, 1.807) is 0 Å². The summed E-state index contributed by atoms with van der Waals surface area (Å²) in [5.41, 5.74) is 2.87. The van der Waals surface area contributed by atoms with Crippen molar-refractivity contribution in [1.82, 2.24) is 5.48 Å². The van der Waals surface area contributed by atoms with E-state index >= 15 is 0 Å². The fourth-order valence-corrected chi connectivity index (χ4v) is 1.34. The third-order valence-corrected chi connectivity index (χ3v) is 2.13. The van der Waals surface area contributed by atoms with E-state index in [2.05, 4.69) is 19.3 Å². The molecule has 0 aromatic heterocycles. The summed E-state index contributed by atoms with van der Waals surface area (Å²) in [5, 5.41) is 0. The number of rotatable bonds is 9. The van der Waals surface area contributed by atoms with E-state index in [4.69, 9.17) is 14.3 Å². The zero-order valence-corrected chi connectivity index (χ0v) is 11.4. The van der Waals surface area contributed by atoms with Gasteiger partial charge in [0.1, 0.15) is 6.61 Å². The standard InChI is InChI=1S/C14H23NO3/c1-4-16-13-7-5-6-8-14(13)17-10-9-15-18-11-12(2)3/h5-8,12,15H,4,9-11H2,1-3H3. The fourth-order valence-electron chi connectivity index (χ4n) is 1.34. The highest BCUT2D eigenvalue weighted by molar-refractivity contribution is 5.39. The van der Waals surface area contributed by atoms with Crippen LogP contribution in [0.1, 0.15) is 20.8 Å². The summed E-state index contributed by atoms with van der Waals surface area (Å²) >= 11 is 0. The van der Waals surface area contributed by atoms with Gasteiger partial charge in [0.15, 0.2) is 11.5 Å². The molecule has 1 rings (SSSR count). The summed E-state index contributed by atoms with van der Waals surface area (Å²) in [4.78, 5) is 5.25. The summed E-state index contributed by atoms with van der Waals surface area (Å²) in [5.74, 6) is 2.07. The number of ether oxygens (including phenoxy) is 2. The lowest BCUT2D eigenvalue weighted by molar-refractivity contribution is 0.0178. The first-order valence-corrected chi connectivity index (χ1v) is 6.43. The molecule has 0 unspecified atom stereocenters. The van der Waals surface area contributed by atoms with Gasteiger partial charge >= 0.3 is 0 Å². The molecule has 18 heavy (non-hydrogen) atoms. The lowest BCUT2D eigenvalue weighted by Gasteiger charge is -2.12. The molecule has 1 N–H and O–H groups in total. The van der Waals surface area contributed by atoms with Gasteiger partial charge in [-0.2, -0.15) is 5.48 Å². The van der Waals surface area contributed by atoms with E-state index in [-0.39, 0.29) is 0 Å². The Morgan fingerprint density at radius 2 is 1.78 bits per heavy atom. The lowest BCUT2D eigenvalue weighted by Crippen LogP contribution is -2.23. The van der Waals surface area contributed by atoms with Crippen LogP contribution in [0, 0.1) is 5.92 Å². The first kappa shape index (κ1) is 14.8. The summed E-state index contributed by atoms with van der Waals surface area (Å²) < 4.78 is 11.1. The second kappa shape index (κ2) is 8.78. The number of hydrogen-bond donors (Lipinski definition) is 1. The van der Waals surface area contributed by atoms with E-state index in [1.807, 2.05) is 31.2 Å². The maximum absolute atomic E-state index is 5.63. The average molecular weight is 253 g/mol. The van der Waals surface area contributed by atoms with Crippen LogP contribution in [0.2, 0.25) is 0 Å². The number of benzene rings is 1. The van der Waals surface area contributed by atoms with Crippen molar-refractivity contribution in [3.05, 3.63) is 24.3 Å². The van der Waals surface area contributed by atoms with Crippen molar-refractivity contribution in [2.24, 2.45) is 5.92 Å². The number of para-hydroxylation sites is 2. The predicted molar refractivity (Wildman–Crippen MR) is 71.9 cm³/mol. The SMILES string of the molecule is CCOc1ccccc1OCCNOCC(C)C. The molecule has 0 aliphatic heterocycles. The second-order valence-electron chi connectivity index (χ2n) is 4.33. The zero-order valence-electron chi connectivity index (χ0n) is 11.4. The van der Waals surface area contributed by atoms with Crippen LogP contribution < -0.4 is 15.0 Å². The molecule has 0 spiro atoms. The Kier molecular flexibility index (Phi) is 7.22. The molecular weight excluding hydrogens is 230 g/mol. The molecule has 4 nitrogen and oxygen atoms in total. The third kappa shape index (κ3) is 5.89. The van der Waals surface area contributed by atoms with E-state index in [0.717, 1.165) is 11.5 Å². The second-order valence-corrected chi connectivity index (χ2v) is 4.33. The van der Waals surface area contributed by atoms with Crippen molar-refractivity contribution in [2.75, 3.05) is 26.4 Å². The molecule has 0 fully saturated rings. The number of hydroxylamine groups is 1. The average Bonchev–Trinajstić information content (AvgIpc) is 2.35. The van der Waals surface area contributed by atoms with Crippen LogP contribution in [0.4, 0.5) is 0 Å². The van der Waals surface area contributed by atoms with Crippen molar-refractivity contribution in [3.63, 3.8) is 0 Å². The molecule has 1 aromatic carbocycles. The van der Waals surface area contributed by atoms with Gasteiger partial charge in [0, 0.05) is 0 Å². The van der Waals surface area contributed by atoms with Gasteiger partial charge in [0.25, 0.3) is 0 Å². The normalized spacial score (nSPS) is 10.7. The van der Waals surface area contributed by atoms with Crippen molar-refractivity contribution in [2.45, 2.75) is 20.8 Å². The van der Waals surface area contributed by atoms with Crippen LogP contribution >= 0.6 is 0 Å².